The monoisotopic (exact) mass is 415 g/mol. The van der Waals surface area contributed by atoms with Crippen molar-refractivity contribution in [3.8, 4) is 0 Å². The molecule has 26 heavy (non-hydrogen) atoms. The van der Waals surface area contributed by atoms with E-state index >= 15 is 0 Å². The molecule has 0 saturated carbocycles. The second-order valence-electron chi connectivity index (χ2n) is 5.99. The zero-order valence-corrected chi connectivity index (χ0v) is 16.0. The molecule has 1 aromatic heterocycles. The van der Waals surface area contributed by atoms with Gasteiger partial charge in [-0.05, 0) is 36.8 Å². The number of nitrogens with one attached hydrogen (secondary N) is 1. The smallest absolute Gasteiger partial charge is 0.316 e. The molecule has 134 valence electrons. The van der Waals surface area contributed by atoms with Crippen LogP contribution in [-0.4, -0.2) is 27.4 Å². The highest BCUT2D eigenvalue weighted by Gasteiger charge is 2.15. The fourth-order valence-corrected chi connectivity index (χ4v) is 3.31. The Hall–Kier alpha value is -2.67. The third-order valence-electron chi connectivity index (χ3n) is 4.25. The van der Waals surface area contributed by atoms with E-state index in [4.69, 9.17) is 0 Å². The highest BCUT2D eigenvalue weighted by Crippen LogP contribution is 2.19. The zero-order chi connectivity index (χ0) is 18.8. The van der Waals surface area contributed by atoms with Crippen molar-refractivity contribution in [3.05, 3.63) is 78.8 Å². The van der Waals surface area contributed by atoms with Gasteiger partial charge in [0.2, 0.25) is 0 Å². The summed E-state index contributed by atoms with van der Waals surface area (Å²) in [6.07, 6.45) is 0. The summed E-state index contributed by atoms with van der Waals surface area (Å²) in [6, 6.07) is 12.7. The fraction of sp³-hybridized carbons (Fsp3) is 0.211. The summed E-state index contributed by atoms with van der Waals surface area (Å²) in [7, 11) is 1.72. The van der Waals surface area contributed by atoms with Crippen LogP contribution in [0.3, 0.4) is 0 Å². The Kier molecular flexibility index (Phi) is 5.08. The molecule has 3 aromatic rings. The molecule has 0 fully saturated rings. The SMILES string of the molecule is CCn1c(=O)c(=O)[nH]c2cc(C(=O)N(C)Cc3ccccc3Br)ccc21. The number of benzene rings is 2. The second-order valence-corrected chi connectivity index (χ2v) is 6.84. The predicted molar refractivity (Wildman–Crippen MR) is 104 cm³/mol. The van der Waals surface area contributed by atoms with Crippen LogP contribution in [-0.2, 0) is 13.1 Å². The third-order valence-corrected chi connectivity index (χ3v) is 5.02. The molecule has 0 atom stereocenters. The van der Waals surface area contributed by atoms with Crippen LogP contribution in [0.1, 0.15) is 22.8 Å². The van der Waals surface area contributed by atoms with E-state index in [9.17, 15) is 14.4 Å². The van der Waals surface area contributed by atoms with Gasteiger partial charge in [0.25, 0.3) is 5.91 Å². The number of amides is 1. The van der Waals surface area contributed by atoms with Gasteiger partial charge in [-0.3, -0.25) is 14.4 Å². The average molecular weight is 416 g/mol. The van der Waals surface area contributed by atoms with Gasteiger partial charge in [-0.15, -0.1) is 0 Å². The molecule has 1 amide bonds. The Morgan fingerprint density at radius 1 is 1.19 bits per heavy atom. The minimum absolute atomic E-state index is 0.169. The first-order valence-electron chi connectivity index (χ1n) is 8.18. The van der Waals surface area contributed by atoms with Crippen molar-refractivity contribution < 1.29 is 4.79 Å². The number of hydrogen-bond acceptors (Lipinski definition) is 3. The molecule has 3 rings (SSSR count). The zero-order valence-electron chi connectivity index (χ0n) is 14.5. The number of H-pyrrole nitrogens is 1. The van der Waals surface area contributed by atoms with E-state index in [0.29, 0.717) is 29.7 Å². The molecule has 0 bridgehead atoms. The van der Waals surface area contributed by atoms with Crippen molar-refractivity contribution in [2.24, 2.45) is 0 Å². The average Bonchev–Trinajstić information content (AvgIpc) is 2.63. The maximum Gasteiger partial charge on any atom is 0.316 e. The lowest BCUT2D eigenvalue weighted by atomic mass is 10.1. The highest BCUT2D eigenvalue weighted by atomic mass is 79.9. The number of aromatic amines is 1. The molecule has 6 nitrogen and oxygen atoms in total. The van der Waals surface area contributed by atoms with Gasteiger partial charge >= 0.3 is 11.1 Å². The minimum atomic E-state index is -0.689. The van der Waals surface area contributed by atoms with E-state index in [1.165, 1.54) is 4.57 Å². The summed E-state index contributed by atoms with van der Waals surface area (Å²) >= 11 is 3.48. The number of rotatable bonds is 4. The van der Waals surface area contributed by atoms with Crippen molar-refractivity contribution in [1.29, 1.82) is 0 Å². The van der Waals surface area contributed by atoms with Crippen LogP contribution in [0.4, 0.5) is 0 Å². The van der Waals surface area contributed by atoms with E-state index in [2.05, 4.69) is 20.9 Å². The Balaban J connectivity index is 1.96. The number of nitrogens with zero attached hydrogens (tertiary/aromatic N) is 2. The molecule has 0 radical (unpaired) electrons. The van der Waals surface area contributed by atoms with Gasteiger partial charge in [0.05, 0.1) is 11.0 Å². The predicted octanol–water partition coefficient (Wildman–Crippen LogP) is 2.74. The van der Waals surface area contributed by atoms with Gasteiger partial charge in [-0.2, -0.15) is 0 Å². The Morgan fingerprint density at radius 2 is 1.92 bits per heavy atom. The number of fused-ring (bicyclic) bond motifs is 1. The van der Waals surface area contributed by atoms with Gasteiger partial charge in [0.1, 0.15) is 0 Å². The number of aryl methyl sites for hydroxylation is 1. The van der Waals surface area contributed by atoms with E-state index in [-0.39, 0.29) is 5.91 Å². The van der Waals surface area contributed by atoms with Crippen molar-refractivity contribution in [1.82, 2.24) is 14.5 Å². The van der Waals surface area contributed by atoms with Crippen molar-refractivity contribution in [2.45, 2.75) is 20.0 Å². The van der Waals surface area contributed by atoms with E-state index in [1.54, 1.807) is 37.1 Å². The summed E-state index contributed by atoms with van der Waals surface area (Å²) in [5, 5.41) is 0. The minimum Gasteiger partial charge on any atom is -0.337 e. The van der Waals surface area contributed by atoms with Crippen molar-refractivity contribution in [3.63, 3.8) is 0 Å². The topological polar surface area (TPSA) is 75.2 Å². The molecule has 0 spiro atoms. The van der Waals surface area contributed by atoms with Crippen LogP contribution in [0.5, 0.6) is 0 Å². The summed E-state index contributed by atoms with van der Waals surface area (Å²) in [5.41, 5.74) is 1.23. The number of halogens is 1. The lowest BCUT2D eigenvalue weighted by molar-refractivity contribution is 0.0785. The number of hydrogen-bond donors (Lipinski definition) is 1. The molecule has 0 aliphatic rings. The summed E-state index contributed by atoms with van der Waals surface area (Å²) in [6.45, 7) is 2.63. The molecule has 0 unspecified atom stereocenters. The first-order valence-corrected chi connectivity index (χ1v) is 8.97. The summed E-state index contributed by atoms with van der Waals surface area (Å²) in [4.78, 5) is 40.7. The third kappa shape index (κ3) is 3.35. The van der Waals surface area contributed by atoms with Crippen LogP contribution < -0.4 is 11.1 Å². The van der Waals surface area contributed by atoms with E-state index < -0.39 is 11.1 Å². The number of aromatic nitrogens is 2. The van der Waals surface area contributed by atoms with Gasteiger partial charge in [0.15, 0.2) is 0 Å². The summed E-state index contributed by atoms with van der Waals surface area (Å²) in [5.74, 6) is -0.169. The van der Waals surface area contributed by atoms with Gasteiger partial charge in [-0.1, -0.05) is 34.1 Å². The van der Waals surface area contributed by atoms with Crippen LogP contribution in [0.25, 0.3) is 11.0 Å². The molecule has 0 saturated heterocycles. The summed E-state index contributed by atoms with van der Waals surface area (Å²) < 4.78 is 2.34. The highest BCUT2D eigenvalue weighted by molar-refractivity contribution is 9.10. The molecule has 1 N–H and O–H groups in total. The molecule has 2 aromatic carbocycles. The van der Waals surface area contributed by atoms with E-state index in [0.717, 1.165) is 10.0 Å². The van der Waals surface area contributed by atoms with Gasteiger partial charge in [-0.25, -0.2) is 0 Å². The van der Waals surface area contributed by atoms with E-state index in [1.807, 2.05) is 24.3 Å². The molecule has 0 aliphatic heterocycles. The lowest BCUT2D eigenvalue weighted by Crippen LogP contribution is -2.36. The van der Waals surface area contributed by atoms with Crippen molar-refractivity contribution in [2.75, 3.05) is 7.05 Å². The first kappa shape index (κ1) is 18.1. The Morgan fingerprint density at radius 3 is 2.62 bits per heavy atom. The van der Waals surface area contributed by atoms with Crippen LogP contribution in [0.15, 0.2) is 56.5 Å². The van der Waals surface area contributed by atoms with Crippen LogP contribution >= 0.6 is 15.9 Å². The largest absolute Gasteiger partial charge is 0.337 e. The fourth-order valence-electron chi connectivity index (χ4n) is 2.90. The molecule has 7 heteroatoms. The number of carbonyl (C=O) groups is 1. The van der Waals surface area contributed by atoms with Crippen LogP contribution in [0.2, 0.25) is 0 Å². The maximum absolute atomic E-state index is 12.8. The Labute approximate surface area is 158 Å². The molecule has 0 aliphatic carbocycles. The maximum atomic E-state index is 12.8. The first-order chi connectivity index (χ1) is 12.4. The lowest BCUT2D eigenvalue weighted by Gasteiger charge is -2.18. The van der Waals surface area contributed by atoms with Crippen LogP contribution in [0, 0.1) is 0 Å². The van der Waals surface area contributed by atoms with Gasteiger partial charge < -0.3 is 14.5 Å². The quantitative estimate of drug-likeness (QED) is 0.665. The second kappa shape index (κ2) is 7.29. The molecular formula is C19H18BrN3O3. The number of carbonyl (C=O) groups excluding carboxylic acids is 1. The normalized spacial score (nSPS) is 10.9. The standard InChI is InChI=1S/C19H18BrN3O3/c1-3-23-16-9-8-12(10-15(16)21-17(24)19(23)26)18(25)22(2)11-13-6-4-5-7-14(13)20/h4-10H,3,11H2,1-2H3,(H,21,24). The molecular weight excluding hydrogens is 398 g/mol. The van der Waals surface area contributed by atoms with Crippen molar-refractivity contribution >= 4 is 32.9 Å². The molecule has 1 heterocycles. The Bertz CT molecular complexity index is 1100. The van der Waals surface area contributed by atoms with Gasteiger partial charge in [0, 0.05) is 30.2 Å².